The molecule has 0 aliphatic heterocycles. The molecule has 0 aliphatic carbocycles. The second kappa shape index (κ2) is 5.79. The van der Waals surface area contributed by atoms with E-state index in [1.165, 1.54) is 18.2 Å². The molecule has 0 aromatic heterocycles. The third-order valence-electron chi connectivity index (χ3n) is 2.38. The molecule has 106 valence electrons. The molecule has 0 unspecified atom stereocenters. The van der Waals surface area contributed by atoms with Crippen LogP contribution in [0.4, 0.5) is 14.5 Å². The number of hydrogen-bond donors (Lipinski definition) is 1. The van der Waals surface area contributed by atoms with E-state index in [9.17, 15) is 17.2 Å². The predicted molar refractivity (Wildman–Crippen MR) is 79.0 cm³/mol. The molecule has 0 amide bonds. The van der Waals surface area contributed by atoms with E-state index in [1.807, 2.05) is 4.72 Å². The largest absolute Gasteiger partial charge is 0.277 e. The quantitative estimate of drug-likeness (QED) is 0.795. The smallest absolute Gasteiger partial charge is 0.263 e. The first kappa shape index (κ1) is 15.4. The van der Waals surface area contributed by atoms with Gasteiger partial charge in [0.2, 0.25) is 0 Å². The average Bonchev–Trinajstić information content (AvgIpc) is 2.37. The van der Waals surface area contributed by atoms with Gasteiger partial charge in [0, 0.05) is 8.95 Å². The third kappa shape index (κ3) is 3.18. The summed E-state index contributed by atoms with van der Waals surface area (Å²) in [7, 11) is -4.04. The predicted octanol–water partition coefficient (Wildman–Crippen LogP) is 4.29. The maximum absolute atomic E-state index is 13.5. The van der Waals surface area contributed by atoms with Crippen molar-refractivity contribution in [3.05, 3.63) is 57.0 Å². The second-order valence-electron chi connectivity index (χ2n) is 3.78. The van der Waals surface area contributed by atoms with Crippen LogP contribution in [0.5, 0.6) is 0 Å². The first-order valence-electron chi connectivity index (χ1n) is 5.23. The van der Waals surface area contributed by atoms with Crippen LogP contribution in [-0.2, 0) is 10.0 Å². The van der Waals surface area contributed by atoms with Gasteiger partial charge in [-0.3, -0.25) is 4.72 Å². The molecule has 0 atom stereocenters. The second-order valence-corrected chi connectivity index (χ2v) is 7.20. The van der Waals surface area contributed by atoms with Crippen molar-refractivity contribution in [2.75, 3.05) is 4.72 Å². The Balaban J connectivity index is 2.46. The number of halogens is 4. The van der Waals surface area contributed by atoms with Gasteiger partial charge in [-0.25, -0.2) is 17.2 Å². The van der Waals surface area contributed by atoms with Gasteiger partial charge in [0.25, 0.3) is 10.0 Å². The molecule has 3 nitrogen and oxygen atoms in total. The summed E-state index contributed by atoms with van der Waals surface area (Å²) in [5, 5.41) is 0. The van der Waals surface area contributed by atoms with Crippen LogP contribution in [0.3, 0.4) is 0 Å². The zero-order chi connectivity index (χ0) is 14.9. The normalized spacial score (nSPS) is 11.4. The fourth-order valence-electron chi connectivity index (χ4n) is 1.47. The zero-order valence-electron chi connectivity index (χ0n) is 9.70. The van der Waals surface area contributed by atoms with E-state index >= 15 is 0 Å². The fraction of sp³-hybridized carbons (Fsp3) is 0. The van der Waals surface area contributed by atoms with Crippen molar-refractivity contribution in [2.45, 2.75) is 4.90 Å². The Morgan fingerprint density at radius 2 is 1.75 bits per heavy atom. The Hall–Kier alpha value is -0.990. The molecule has 2 rings (SSSR count). The zero-order valence-corrected chi connectivity index (χ0v) is 13.7. The van der Waals surface area contributed by atoms with E-state index in [0.29, 0.717) is 8.95 Å². The minimum atomic E-state index is -4.04. The Morgan fingerprint density at radius 1 is 1.05 bits per heavy atom. The number of hydrogen-bond acceptors (Lipinski definition) is 2. The molecule has 0 spiro atoms. The van der Waals surface area contributed by atoms with Gasteiger partial charge >= 0.3 is 0 Å². The van der Waals surface area contributed by atoms with Crippen LogP contribution in [0.2, 0.25) is 0 Å². The summed E-state index contributed by atoms with van der Waals surface area (Å²) in [5.74, 6) is -2.37. The summed E-state index contributed by atoms with van der Waals surface area (Å²) < 4.78 is 53.8. The van der Waals surface area contributed by atoms with E-state index < -0.39 is 27.3 Å². The molecule has 0 heterocycles. The van der Waals surface area contributed by atoms with Crippen molar-refractivity contribution < 1.29 is 17.2 Å². The van der Waals surface area contributed by atoms with Crippen LogP contribution in [0.1, 0.15) is 0 Å². The van der Waals surface area contributed by atoms with Crippen LogP contribution in [0.25, 0.3) is 0 Å². The third-order valence-corrected chi connectivity index (χ3v) is 5.23. The molecular weight excluding hydrogens is 420 g/mol. The average molecular weight is 427 g/mol. The lowest BCUT2D eigenvalue weighted by Crippen LogP contribution is -2.15. The summed E-state index contributed by atoms with van der Waals surface area (Å²) in [5.41, 5.74) is -0.447. The molecule has 2 aromatic rings. The van der Waals surface area contributed by atoms with Gasteiger partial charge in [-0.05, 0) is 46.3 Å². The highest BCUT2D eigenvalue weighted by Gasteiger charge is 2.20. The van der Waals surface area contributed by atoms with Crippen LogP contribution in [0, 0.1) is 11.6 Å². The summed E-state index contributed by atoms with van der Waals surface area (Å²) in [4.78, 5) is -0.0875. The molecule has 0 aliphatic rings. The highest BCUT2D eigenvalue weighted by molar-refractivity contribution is 9.11. The van der Waals surface area contributed by atoms with E-state index in [1.54, 1.807) is 6.07 Å². The molecule has 8 heteroatoms. The Kier molecular flexibility index (Phi) is 4.46. The van der Waals surface area contributed by atoms with Gasteiger partial charge in [-0.1, -0.05) is 22.0 Å². The minimum absolute atomic E-state index is 0.0875. The summed E-state index contributed by atoms with van der Waals surface area (Å²) >= 11 is 6.26. The van der Waals surface area contributed by atoms with Gasteiger partial charge in [-0.15, -0.1) is 0 Å². The van der Waals surface area contributed by atoms with Crippen molar-refractivity contribution in [1.82, 2.24) is 0 Å². The monoisotopic (exact) mass is 425 g/mol. The highest BCUT2D eigenvalue weighted by Crippen LogP contribution is 2.28. The maximum Gasteiger partial charge on any atom is 0.263 e. The summed E-state index contributed by atoms with van der Waals surface area (Å²) in [6.07, 6.45) is 0. The van der Waals surface area contributed by atoms with Crippen molar-refractivity contribution in [3.8, 4) is 0 Å². The molecule has 0 bridgehead atoms. The molecule has 0 saturated carbocycles. The van der Waals surface area contributed by atoms with Crippen molar-refractivity contribution in [2.24, 2.45) is 0 Å². The lowest BCUT2D eigenvalue weighted by atomic mass is 10.3. The molecule has 0 fully saturated rings. The number of benzene rings is 2. The molecule has 0 radical (unpaired) electrons. The Labute approximate surface area is 131 Å². The van der Waals surface area contributed by atoms with E-state index in [0.717, 1.165) is 12.1 Å². The van der Waals surface area contributed by atoms with Crippen LogP contribution < -0.4 is 4.72 Å². The maximum atomic E-state index is 13.5. The lowest BCUT2D eigenvalue weighted by molar-refractivity contribution is 0.511. The summed E-state index contributed by atoms with van der Waals surface area (Å²) in [6, 6.07) is 7.78. The molecule has 1 N–H and O–H groups in total. The standard InChI is InChI=1S/C12H7Br2F2NO2S/c13-7-4-5-8(14)11(6-7)20(18,19)17-10-3-1-2-9(15)12(10)16/h1-6,17H. The molecule has 20 heavy (non-hydrogen) atoms. The number of sulfonamides is 1. The first-order chi connectivity index (χ1) is 9.31. The van der Waals surface area contributed by atoms with Crippen molar-refractivity contribution >= 4 is 47.6 Å². The van der Waals surface area contributed by atoms with Crippen molar-refractivity contribution in [3.63, 3.8) is 0 Å². The molecular formula is C12H7Br2F2NO2S. The van der Waals surface area contributed by atoms with Gasteiger partial charge in [0.1, 0.15) is 4.90 Å². The summed E-state index contributed by atoms with van der Waals surface area (Å²) in [6.45, 7) is 0. The molecule has 0 saturated heterocycles. The number of rotatable bonds is 3. The van der Waals surface area contributed by atoms with Gasteiger partial charge in [0.05, 0.1) is 5.69 Å². The fourth-order valence-corrected chi connectivity index (χ4v) is 4.03. The van der Waals surface area contributed by atoms with Crippen molar-refractivity contribution in [1.29, 1.82) is 0 Å². The number of nitrogens with one attached hydrogen (secondary N) is 1. The Morgan fingerprint density at radius 3 is 2.45 bits per heavy atom. The van der Waals surface area contributed by atoms with Gasteiger partial charge < -0.3 is 0 Å². The van der Waals surface area contributed by atoms with Crippen LogP contribution in [-0.4, -0.2) is 8.42 Å². The van der Waals surface area contributed by atoms with Gasteiger partial charge in [-0.2, -0.15) is 0 Å². The molecule has 2 aromatic carbocycles. The van der Waals surface area contributed by atoms with Gasteiger partial charge in [0.15, 0.2) is 11.6 Å². The van der Waals surface area contributed by atoms with E-state index in [-0.39, 0.29) is 4.90 Å². The van der Waals surface area contributed by atoms with Crippen LogP contribution in [0.15, 0.2) is 50.2 Å². The number of anilines is 1. The Bertz CT molecular complexity index is 766. The minimum Gasteiger partial charge on any atom is -0.277 e. The van der Waals surface area contributed by atoms with Crippen LogP contribution >= 0.6 is 31.9 Å². The SMILES string of the molecule is O=S(=O)(Nc1cccc(F)c1F)c1cc(Br)ccc1Br. The topological polar surface area (TPSA) is 46.2 Å². The lowest BCUT2D eigenvalue weighted by Gasteiger charge is -2.11. The highest BCUT2D eigenvalue weighted by atomic mass is 79.9. The first-order valence-corrected chi connectivity index (χ1v) is 8.30. The van der Waals surface area contributed by atoms with E-state index in [2.05, 4.69) is 31.9 Å². The van der Waals surface area contributed by atoms with E-state index in [4.69, 9.17) is 0 Å².